The van der Waals surface area contributed by atoms with Crippen LogP contribution in [0.1, 0.15) is 19.3 Å². The van der Waals surface area contributed by atoms with Gasteiger partial charge in [-0.2, -0.15) is 0 Å². The van der Waals surface area contributed by atoms with E-state index in [-0.39, 0.29) is 24.5 Å². The van der Waals surface area contributed by atoms with Crippen molar-refractivity contribution in [1.82, 2.24) is 25.2 Å². The summed E-state index contributed by atoms with van der Waals surface area (Å²) in [7, 11) is 0. The highest BCUT2D eigenvalue weighted by Crippen LogP contribution is 2.23. The number of cyclic esters (lactones) is 1. The average Bonchev–Trinajstić information content (AvgIpc) is 3.31. The Morgan fingerprint density at radius 3 is 2.82 bits per heavy atom. The van der Waals surface area contributed by atoms with Crippen LogP contribution in [-0.2, 0) is 9.53 Å². The molecule has 1 aliphatic heterocycles. The Morgan fingerprint density at radius 1 is 1.14 bits per heavy atom. The summed E-state index contributed by atoms with van der Waals surface area (Å²) in [5, 5.41) is 6.35. The maximum absolute atomic E-state index is 12.2. The van der Waals surface area contributed by atoms with E-state index in [9.17, 15) is 9.59 Å². The average molecular weight is 382 g/mol. The first-order valence-corrected chi connectivity index (χ1v) is 9.39. The van der Waals surface area contributed by atoms with Gasteiger partial charge in [-0.15, -0.1) is 0 Å². The molecule has 1 aliphatic carbocycles. The van der Waals surface area contributed by atoms with E-state index in [1.807, 2.05) is 24.3 Å². The van der Waals surface area contributed by atoms with Crippen molar-refractivity contribution in [2.75, 3.05) is 25.0 Å². The molecule has 146 valence electrons. The standard InChI is InChI=1S/C19H22N6O3/c26-17(12-25-9-10-28-19(25)27)22-13-4-5-14(11-13)23-18-21-8-6-16(24-18)15-3-1-2-7-20-15/h1-3,6-8,13-14H,4-5,9-12H2,(H,22,26)(H,21,23,24)/t13-,14-/m0/s1. The number of amides is 2. The van der Waals surface area contributed by atoms with E-state index >= 15 is 0 Å². The van der Waals surface area contributed by atoms with Crippen LogP contribution in [0.15, 0.2) is 36.7 Å². The maximum atomic E-state index is 12.2. The molecule has 1 saturated heterocycles. The molecular formula is C19H22N6O3. The second-order valence-electron chi connectivity index (χ2n) is 6.94. The summed E-state index contributed by atoms with van der Waals surface area (Å²) in [6.07, 6.45) is 5.58. The predicted octanol–water partition coefficient (Wildman–Crippen LogP) is 1.44. The third-order valence-electron chi connectivity index (χ3n) is 4.89. The van der Waals surface area contributed by atoms with Crippen LogP contribution in [0.3, 0.4) is 0 Å². The first kappa shape index (κ1) is 18.1. The lowest BCUT2D eigenvalue weighted by Crippen LogP contribution is -2.42. The van der Waals surface area contributed by atoms with Gasteiger partial charge in [0.05, 0.1) is 17.9 Å². The molecule has 4 rings (SSSR count). The SMILES string of the molecule is O=C(CN1CCOC1=O)N[C@H]1CC[C@H](Nc2nccc(-c3ccccn3)n2)C1. The van der Waals surface area contributed by atoms with Gasteiger partial charge in [0.15, 0.2) is 0 Å². The third-order valence-corrected chi connectivity index (χ3v) is 4.89. The van der Waals surface area contributed by atoms with Gasteiger partial charge in [-0.05, 0) is 37.5 Å². The van der Waals surface area contributed by atoms with Gasteiger partial charge in [-0.25, -0.2) is 14.8 Å². The van der Waals surface area contributed by atoms with Gasteiger partial charge in [0.25, 0.3) is 0 Å². The van der Waals surface area contributed by atoms with Crippen molar-refractivity contribution in [3.8, 4) is 11.4 Å². The van der Waals surface area contributed by atoms with Crippen LogP contribution in [-0.4, -0.2) is 63.6 Å². The van der Waals surface area contributed by atoms with Gasteiger partial charge in [-0.1, -0.05) is 6.07 Å². The second-order valence-corrected chi connectivity index (χ2v) is 6.94. The van der Waals surface area contributed by atoms with Crippen LogP contribution >= 0.6 is 0 Å². The highest BCUT2D eigenvalue weighted by Gasteiger charge is 2.29. The van der Waals surface area contributed by atoms with E-state index in [0.29, 0.717) is 19.1 Å². The van der Waals surface area contributed by atoms with E-state index in [1.165, 1.54) is 4.90 Å². The number of ether oxygens (including phenoxy) is 1. The normalized spacial score (nSPS) is 21.4. The van der Waals surface area contributed by atoms with Crippen LogP contribution < -0.4 is 10.6 Å². The zero-order valence-corrected chi connectivity index (χ0v) is 15.4. The van der Waals surface area contributed by atoms with Crippen LogP contribution in [0, 0.1) is 0 Å². The topological polar surface area (TPSA) is 109 Å². The highest BCUT2D eigenvalue weighted by molar-refractivity contribution is 5.83. The van der Waals surface area contributed by atoms with Crippen molar-refractivity contribution >= 4 is 17.9 Å². The Labute approximate surface area is 162 Å². The summed E-state index contributed by atoms with van der Waals surface area (Å²) < 4.78 is 4.84. The Morgan fingerprint density at radius 2 is 2.04 bits per heavy atom. The minimum Gasteiger partial charge on any atom is -0.448 e. The molecule has 0 aromatic carbocycles. The Hall–Kier alpha value is -3.23. The monoisotopic (exact) mass is 382 g/mol. The fourth-order valence-electron chi connectivity index (χ4n) is 3.53. The molecule has 9 heteroatoms. The molecule has 2 fully saturated rings. The minimum atomic E-state index is -0.425. The lowest BCUT2D eigenvalue weighted by atomic mass is 10.2. The molecule has 9 nitrogen and oxygen atoms in total. The smallest absolute Gasteiger partial charge is 0.410 e. The molecule has 0 spiro atoms. The summed E-state index contributed by atoms with van der Waals surface area (Å²) in [5.41, 5.74) is 1.56. The predicted molar refractivity (Wildman–Crippen MR) is 101 cm³/mol. The van der Waals surface area contributed by atoms with E-state index in [1.54, 1.807) is 12.4 Å². The van der Waals surface area contributed by atoms with Gasteiger partial charge in [0.1, 0.15) is 13.2 Å². The number of rotatable bonds is 6. The van der Waals surface area contributed by atoms with Gasteiger partial charge in [0, 0.05) is 24.5 Å². The number of carbonyl (C=O) groups excluding carboxylic acids is 2. The lowest BCUT2D eigenvalue weighted by Gasteiger charge is -2.17. The summed E-state index contributed by atoms with van der Waals surface area (Å²) >= 11 is 0. The van der Waals surface area contributed by atoms with Gasteiger partial charge < -0.3 is 15.4 Å². The number of hydrogen-bond donors (Lipinski definition) is 2. The van der Waals surface area contributed by atoms with E-state index in [4.69, 9.17) is 4.74 Å². The first-order chi connectivity index (χ1) is 13.7. The maximum Gasteiger partial charge on any atom is 0.410 e. The number of nitrogens with zero attached hydrogens (tertiary/aromatic N) is 4. The summed E-state index contributed by atoms with van der Waals surface area (Å²) in [5.74, 6) is 0.401. The van der Waals surface area contributed by atoms with Crippen molar-refractivity contribution in [2.24, 2.45) is 0 Å². The molecule has 28 heavy (non-hydrogen) atoms. The van der Waals surface area contributed by atoms with E-state index in [2.05, 4.69) is 25.6 Å². The first-order valence-electron chi connectivity index (χ1n) is 9.39. The molecular weight excluding hydrogens is 360 g/mol. The van der Waals surface area contributed by atoms with Crippen molar-refractivity contribution in [3.63, 3.8) is 0 Å². The molecule has 2 aromatic rings. The van der Waals surface area contributed by atoms with Crippen molar-refractivity contribution in [2.45, 2.75) is 31.3 Å². The Balaban J connectivity index is 1.29. The molecule has 3 heterocycles. The Bertz CT molecular complexity index is 847. The third kappa shape index (κ3) is 4.36. The zero-order chi connectivity index (χ0) is 19.3. The van der Waals surface area contributed by atoms with Crippen molar-refractivity contribution in [3.05, 3.63) is 36.7 Å². The van der Waals surface area contributed by atoms with Gasteiger partial charge in [-0.3, -0.25) is 14.7 Å². The number of aromatic nitrogens is 3. The van der Waals surface area contributed by atoms with Gasteiger partial charge in [0.2, 0.25) is 11.9 Å². The lowest BCUT2D eigenvalue weighted by molar-refractivity contribution is -0.122. The molecule has 0 unspecified atom stereocenters. The van der Waals surface area contributed by atoms with E-state index < -0.39 is 6.09 Å². The van der Waals surface area contributed by atoms with E-state index in [0.717, 1.165) is 30.7 Å². The fourth-order valence-corrected chi connectivity index (χ4v) is 3.53. The van der Waals surface area contributed by atoms with Crippen molar-refractivity contribution < 1.29 is 14.3 Å². The molecule has 2 aromatic heterocycles. The number of nitrogens with one attached hydrogen (secondary N) is 2. The summed E-state index contributed by atoms with van der Waals surface area (Å²) in [6.45, 7) is 0.854. The molecule has 0 bridgehead atoms. The van der Waals surface area contributed by atoms with Crippen LogP contribution in [0.5, 0.6) is 0 Å². The Kier molecular flexibility index (Phi) is 5.31. The number of pyridine rings is 1. The zero-order valence-electron chi connectivity index (χ0n) is 15.4. The highest BCUT2D eigenvalue weighted by atomic mass is 16.6. The van der Waals surface area contributed by atoms with Crippen molar-refractivity contribution in [1.29, 1.82) is 0 Å². The minimum absolute atomic E-state index is 0.0443. The number of hydrogen-bond acceptors (Lipinski definition) is 7. The fraction of sp³-hybridized carbons (Fsp3) is 0.421. The molecule has 0 radical (unpaired) electrons. The van der Waals surface area contributed by atoms with Crippen LogP contribution in [0.4, 0.5) is 10.7 Å². The number of carbonyl (C=O) groups is 2. The van der Waals surface area contributed by atoms with Crippen LogP contribution in [0.2, 0.25) is 0 Å². The molecule has 1 saturated carbocycles. The molecule has 2 amide bonds. The summed E-state index contributed by atoms with van der Waals surface area (Å²) in [4.78, 5) is 38.1. The summed E-state index contributed by atoms with van der Waals surface area (Å²) in [6, 6.07) is 7.77. The molecule has 2 atom stereocenters. The molecule has 2 aliphatic rings. The van der Waals surface area contributed by atoms with Gasteiger partial charge >= 0.3 is 6.09 Å². The largest absolute Gasteiger partial charge is 0.448 e. The van der Waals surface area contributed by atoms with Crippen LogP contribution in [0.25, 0.3) is 11.4 Å². The second kappa shape index (κ2) is 8.20. The quantitative estimate of drug-likeness (QED) is 0.778. The molecule has 2 N–H and O–H groups in total. The number of anilines is 1.